The Morgan fingerprint density at radius 2 is 1.87 bits per heavy atom. The summed E-state index contributed by atoms with van der Waals surface area (Å²) in [7, 11) is 1.94. The average Bonchev–Trinajstić information content (AvgIpc) is 2.02. The lowest BCUT2D eigenvalue weighted by Crippen LogP contribution is -2.49. The Bertz CT molecular complexity index is 176. The second kappa shape index (κ2) is 6.99. The summed E-state index contributed by atoms with van der Waals surface area (Å²) in [5.41, 5.74) is 0. The van der Waals surface area contributed by atoms with Gasteiger partial charge in [-0.05, 0) is 20.0 Å². The van der Waals surface area contributed by atoms with Gasteiger partial charge in [0.2, 0.25) is 0 Å². The van der Waals surface area contributed by atoms with Gasteiger partial charge in [-0.1, -0.05) is 13.1 Å². The summed E-state index contributed by atoms with van der Waals surface area (Å²) in [4.78, 5) is 0. The van der Waals surface area contributed by atoms with Crippen molar-refractivity contribution in [2.24, 2.45) is 0 Å². The highest BCUT2D eigenvalue weighted by molar-refractivity contribution is 6.69. The van der Waals surface area contributed by atoms with E-state index in [1.54, 1.807) is 0 Å². The van der Waals surface area contributed by atoms with Crippen molar-refractivity contribution in [3.8, 4) is 0 Å². The van der Waals surface area contributed by atoms with Gasteiger partial charge in [0.05, 0.1) is 6.61 Å². The van der Waals surface area contributed by atoms with Crippen molar-refractivity contribution in [3.05, 3.63) is 0 Å². The van der Waals surface area contributed by atoms with E-state index in [1.807, 2.05) is 26.6 Å². The van der Waals surface area contributed by atoms with Gasteiger partial charge < -0.3 is 17.6 Å². The Morgan fingerprint density at radius 3 is 2.27 bits per heavy atom. The Hall–Kier alpha value is 0.556. The topological polar surface area (TPSA) is 36.9 Å². The molecule has 0 aromatic heterocycles. The molecule has 0 aromatic rings. The van der Waals surface area contributed by atoms with Gasteiger partial charge >= 0.3 is 8.56 Å². The molecule has 0 aliphatic heterocycles. The molecule has 88 valence electrons. The summed E-state index contributed by atoms with van der Waals surface area (Å²) in [6, 6.07) is 0. The van der Waals surface area contributed by atoms with Gasteiger partial charge in [-0.3, -0.25) is 0 Å². The molecule has 0 fully saturated rings. The molecule has 0 rings (SSSR count). The molecular weight excluding hydrogens is 243 g/mol. The van der Waals surface area contributed by atoms with Crippen LogP contribution in [0.5, 0.6) is 0 Å². The van der Waals surface area contributed by atoms with Crippen molar-refractivity contribution >= 4 is 36.1 Å². The lowest BCUT2D eigenvalue weighted by atomic mass is 10.3. The van der Waals surface area contributed by atoms with E-state index >= 15 is 0 Å². The van der Waals surface area contributed by atoms with Gasteiger partial charge in [-0.25, -0.2) is 0 Å². The molecule has 0 N–H and O–H groups in total. The van der Waals surface area contributed by atoms with Gasteiger partial charge in [0.15, 0.2) is 15.6 Å². The number of hydrogen-bond donors (Lipinski definition) is 0. The van der Waals surface area contributed by atoms with Crippen molar-refractivity contribution in [3.63, 3.8) is 0 Å². The Morgan fingerprint density at radius 1 is 1.27 bits per heavy atom. The second-order valence-corrected chi connectivity index (χ2v) is 9.41. The van der Waals surface area contributed by atoms with Crippen LogP contribution in [0.25, 0.3) is 0 Å². The number of hydrogen-bond acceptors (Lipinski definition) is 4. The summed E-state index contributed by atoms with van der Waals surface area (Å²) in [5.74, 6) is -0.741. The van der Waals surface area contributed by atoms with Crippen LogP contribution in [-0.2, 0) is 17.6 Å². The minimum absolute atomic E-state index is 0.235. The Kier molecular flexibility index (Phi) is 7.25. The summed E-state index contributed by atoms with van der Waals surface area (Å²) in [6.07, 6.45) is 0. The van der Waals surface area contributed by atoms with Crippen molar-refractivity contribution in [2.45, 2.75) is 38.9 Å². The quantitative estimate of drug-likeness (QED) is 0.450. The van der Waals surface area contributed by atoms with Crippen LogP contribution in [0.2, 0.25) is 26.2 Å². The predicted molar refractivity (Wildman–Crippen MR) is 69.7 cm³/mol. The van der Waals surface area contributed by atoms with Crippen LogP contribution in [0.3, 0.4) is 0 Å². The average molecular weight is 264 g/mol. The van der Waals surface area contributed by atoms with E-state index in [9.17, 15) is 0 Å². The molecule has 2 radical (unpaired) electrons. The van der Waals surface area contributed by atoms with Crippen LogP contribution < -0.4 is 0 Å². The molecule has 15 heavy (non-hydrogen) atoms. The second-order valence-electron chi connectivity index (χ2n) is 3.81. The summed E-state index contributed by atoms with van der Waals surface area (Å²) in [6.45, 7) is 10.2. The first-order valence-electron chi connectivity index (χ1n) is 5.19. The smallest absolute Gasteiger partial charge is 0.323 e. The zero-order chi connectivity index (χ0) is 11.9. The highest BCUT2D eigenvalue weighted by atomic mass is 28.4. The largest absolute Gasteiger partial charge is 0.442 e. The molecule has 0 heterocycles. The van der Waals surface area contributed by atoms with Gasteiger partial charge in [0.25, 0.3) is 8.05 Å². The fourth-order valence-corrected chi connectivity index (χ4v) is 6.50. The van der Waals surface area contributed by atoms with E-state index in [4.69, 9.17) is 21.0 Å². The minimum Gasteiger partial charge on any atom is -0.442 e. The first kappa shape index (κ1) is 15.6. The van der Waals surface area contributed by atoms with Gasteiger partial charge in [0, 0.05) is 0 Å². The van der Waals surface area contributed by atoms with Crippen molar-refractivity contribution in [1.29, 1.82) is 0 Å². The highest BCUT2D eigenvalue weighted by Crippen LogP contribution is 2.20. The fraction of sp³-hybridized carbons (Fsp3) is 1.00. The molecule has 1 unspecified atom stereocenters. The standard InChI is InChI=1S/C7H21BO4Si3/c1-7(6-9-8,10-13-2)11-15(4,5)12-14-3/h6,13-14H2,1-5H3. The SMILES string of the molecule is [B]OCC(C)(O[SiH2]C)O[Si](C)(C)O[SiH2]C. The molecule has 0 saturated carbocycles. The normalized spacial score (nSPS) is 17.9. The zero-order valence-corrected chi connectivity index (χ0v) is 14.2. The van der Waals surface area contributed by atoms with Crippen LogP contribution in [0, 0.1) is 0 Å². The maximum Gasteiger partial charge on any atom is 0.323 e. The van der Waals surface area contributed by atoms with Crippen LogP contribution in [0.1, 0.15) is 6.92 Å². The first-order valence-corrected chi connectivity index (χ1v) is 12.0. The monoisotopic (exact) mass is 264 g/mol. The lowest BCUT2D eigenvalue weighted by molar-refractivity contribution is -0.136. The van der Waals surface area contributed by atoms with Gasteiger partial charge in [-0.2, -0.15) is 0 Å². The van der Waals surface area contributed by atoms with Crippen LogP contribution in [0.15, 0.2) is 0 Å². The summed E-state index contributed by atoms with van der Waals surface area (Å²) >= 11 is 0. The third kappa shape index (κ3) is 6.66. The van der Waals surface area contributed by atoms with E-state index in [-0.39, 0.29) is 6.61 Å². The third-order valence-electron chi connectivity index (χ3n) is 1.75. The molecule has 8 heteroatoms. The molecule has 0 aliphatic rings. The van der Waals surface area contributed by atoms with Crippen LogP contribution in [0.4, 0.5) is 0 Å². The maximum atomic E-state index is 5.91. The zero-order valence-electron chi connectivity index (χ0n) is 10.3. The maximum absolute atomic E-state index is 5.91. The molecule has 4 nitrogen and oxygen atoms in total. The fourth-order valence-electron chi connectivity index (χ4n) is 1.45. The van der Waals surface area contributed by atoms with Crippen molar-refractivity contribution < 1.29 is 17.6 Å². The van der Waals surface area contributed by atoms with Crippen LogP contribution in [-0.4, -0.2) is 48.5 Å². The molecular formula is C7H21BO4Si3. The van der Waals surface area contributed by atoms with E-state index in [0.29, 0.717) is 0 Å². The van der Waals surface area contributed by atoms with E-state index < -0.39 is 33.9 Å². The molecule has 0 aliphatic carbocycles. The number of rotatable bonds is 8. The Labute approximate surface area is 99.6 Å². The molecule has 0 bridgehead atoms. The highest BCUT2D eigenvalue weighted by Gasteiger charge is 2.35. The predicted octanol–water partition coefficient (Wildman–Crippen LogP) is -0.182. The van der Waals surface area contributed by atoms with E-state index in [1.165, 1.54) is 0 Å². The van der Waals surface area contributed by atoms with Crippen molar-refractivity contribution in [1.82, 2.24) is 0 Å². The third-order valence-corrected chi connectivity index (χ3v) is 7.51. The lowest BCUT2D eigenvalue weighted by Gasteiger charge is -2.37. The van der Waals surface area contributed by atoms with Crippen LogP contribution >= 0.6 is 0 Å². The summed E-state index contributed by atoms with van der Waals surface area (Å²) < 4.78 is 21.9. The van der Waals surface area contributed by atoms with Crippen molar-refractivity contribution in [2.75, 3.05) is 6.61 Å². The van der Waals surface area contributed by atoms with E-state index in [2.05, 4.69) is 11.2 Å². The van der Waals surface area contributed by atoms with E-state index in [0.717, 1.165) is 0 Å². The molecule has 0 spiro atoms. The molecule has 0 amide bonds. The Balaban J connectivity index is 4.37. The first-order chi connectivity index (χ1) is 6.89. The molecule has 0 saturated heterocycles. The van der Waals surface area contributed by atoms with Gasteiger partial charge in [0.1, 0.15) is 9.76 Å². The summed E-state index contributed by atoms with van der Waals surface area (Å²) in [5, 5.41) is 0. The molecule has 0 aromatic carbocycles. The minimum atomic E-state index is -2.09. The van der Waals surface area contributed by atoms with Gasteiger partial charge in [-0.15, -0.1) is 0 Å². The molecule has 1 atom stereocenters.